The molecule has 0 radical (unpaired) electrons. The van der Waals surface area contributed by atoms with E-state index in [1.54, 1.807) is 13.2 Å². The molecule has 16 heavy (non-hydrogen) atoms. The number of rotatable bonds is 5. The van der Waals surface area contributed by atoms with E-state index < -0.39 is 0 Å². The molecule has 1 aromatic carbocycles. The Morgan fingerprint density at radius 2 is 2.19 bits per heavy atom. The summed E-state index contributed by atoms with van der Waals surface area (Å²) in [7, 11) is 1.63. The van der Waals surface area contributed by atoms with Crippen molar-refractivity contribution in [2.24, 2.45) is 5.73 Å². The Labute approximate surface area is 95.9 Å². The van der Waals surface area contributed by atoms with E-state index in [9.17, 15) is 0 Å². The number of amidine groups is 1. The lowest BCUT2D eigenvalue weighted by Gasteiger charge is -2.16. The second-order valence-corrected chi connectivity index (χ2v) is 3.80. The minimum atomic E-state index is -0.0649. The maximum Gasteiger partial charge on any atom is 0.131 e. The van der Waals surface area contributed by atoms with Crippen LogP contribution in [-0.4, -0.2) is 25.7 Å². The van der Waals surface area contributed by atoms with Crippen molar-refractivity contribution in [3.63, 3.8) is 0 Å². The summed E-state index contributed by atoms with van der Waals surface area (Å²) >= 11 is 0. The first-order chi connectivity index (χ1) is 7.54. The van der Waals surface area contributed by atoms with Crippen LogP contribution < -0.4 is 10.5 Å². The molecule has 0 aromatic heterocycles. The fourth-order valence-corrected chi connectivity index (χ4v) is 1.44. The van der Waals surface area contributed by atoms with Gasteiger partial charge in [0.05, 0.1) is 12.2 Å². The lowest BCUT2D eigenvalue weighted by atomic mass is 10.1. The lowest BCUT2D eigenvalue weighted by Crippen LogP contribution is -2.21. The van der Waals surface area contributed by atoms with Gasteiger partial charge in [0.1, 0.15) is 17.7 Å². The van der Waals surface area contributed by atoms with Crippen LogP contribution in [0.3, 0.4) is 0 Å². The maximum atomic E-state index is 7.46. The number of hydrogen-bond donors (Lipinski definition) is 2. The molecule has 1 unspecified atom stereocenters. The molecule has 1 aromatic rings. The smallest absolute Gasteiger partial charge is 0.131 e. The van der Waals surface area contributed by atoms with Gasteiger partial charge in [0, 0.05) is 7.11 Å². The van der Waals surface area contributed by atoms with E-state index in [1.165, 1.54) is 0 Å². The summed E-state index contributed by atoms with van der Waals surface area (Å²) in [5, 5.41) is 7.46. The molecule has 4 heteroatoms. The van der Waals surface area contributed by atoms with Gasteiger partial charge in [-0.1, -0.05) is 6.07 Å². The summed E-state index contributed by atoms with van der Waals surface area (Å²) < 4.78 is 10.7. The number of benzene rings is 1. The molecule has 0 saturated carbocycles. The molecule has 0 saturated heterocycles. The topological polar surface area (TPSA) is 68.3 Å². The first-order valence-corrected chi connectivity index (χ1v) is 5.15. The Bertz CT molecular complexity index is 377. The van der Waals surface area contributed by atoms with Crippen molar-refractivity contribution < 1.29 is 9.47 Å². The molecule has 0 fully saturated rings. The minimum absolute atomic E-state index is 0.0135. The van der Waals surface area contributed by atoms with Gasteiger partial charge in [0.25, 0.3) is 0 Å². The van der Waals surface area contributed by atoms with Crippen molar-refractivity contribution in [2.45, 2.75) is 20.0 Å². The third-order valence-electron chi connectivity index (χ3n) is 2.16. The van der Waals surface area contributed by atoms with Crippen LogP contribution in [0.2, 0.25) is 0 Å². The highest BCUT2D eigenvalue weighted by atomic mass is 16.5. The Morgan fingerprint density at radius 3 is 2.75 bits per heavy atom. The second-order valence-electron chi connectivity index (χ2n) is 3.80. The first kappa shape index (κ1) is 12.5. The zero-order valence-corrected chi connectivity index (χ0v) is 9.91. The average Bonchev–Trinajstić information content (AvgIpc) is 2.17. The predicted molar refractivity (Wildman–Crippen MR) is 64.2 cm³/mol. The van der Waals surface area contributed by atoms with Gasteiger partial charge in [0.15, 0.2) is 0 Å². The molecule has 1 rings (SSSR count). The highest BCUT2D eigenvalue weighted by Crippen LogP contribution is 2.21. The van der Waals surface area contributed by atoms with Crippen molar-refractivity contribution in [3.8, 4) is 5.75 Å². The van der Waals surface area contributed by atoms with E-state index in [2.05, 4.69) is 0 Å². The van der Waals surface area contributed by atoms with Crippen LogP contribution in [-0.2, 0) is 4.74 Å². The van der Waals surface area contributed by atoms with Crippen LogP contribution in [0, 0.1) is 12.3 Å². The second kappa shape index (κ2) is 5.51. The molecule has 0 aliphatic heterocycles. The molecule has 0 aliphatic rings. The van der Waals surface area contributed by atoms with Gasteiger partial charge < -0.3 is 15.2 Å². The van der Waals surface area contributed by atoms with Gasteiger partial charge in [-0.05, 0) is 31.5 Å². The lowest BCUT2D eigenvalue weighted by molar-refractivity contribution is 0.0919. The molecule has 1 atom stereocenters. The van der Waals surface area contributed by atoms with Gasteiger partial charge in [-0.15, -0.1) is 0 Å². The predicted octanol–water partition coefficient (Wildman–Crippen LogP) is 1.69. The molecule has 0 spiro atoms. The fraction of sp³-hybridized carbons (Fsp3) is 0.417. The van der Waals surface area contributed by atoms with Crippen LogP contribution in [0.4, 0.5) is 0 Å². The van der Waals surface area contributed by atoms with Crippen LogP contribution in [0.5, 0.6) is 5.75 Å². The monoisotopic (exact) mass is 222 g/mol. The van der Waals surface area contributed by atoms with Crippen molar-refractivity contribution in [3.05, 3.63) is 29.3 Å². The number of nitrogens with one attached hydrogen (secondary N) is 1. The Hall–Kier alpha value is -1.55. The van der Waals surface area contributed by atoms with Crippen LogP contribution in [0.1, 0.15) is 18.1 Å². The van der Waals surface area contributed by atoms with Crippen molar-refractivity contribution in [1.82, 2.24) is 0 Å². The minimum Gasteiger partial charge on any atom is -0.488 e. The number of methoxy groups -OCH3 is 1. The summed E-state index contributed by atoms with van der Waals surface area (Å²) in [5.74, 6) is 0.650. The van der Waals surface area contributed by atoms with Crippen LogP contribution in [0.15, 0.2) is 18.2 Å². The van der Waals surface area contributed by atoms with E-state index in [4.69, 9.17) is 20.6 Å². The van der Waals surface area contributed by atoms with E-state index in [0.29, 0.717) is 17.9 Å². The van der Waals surface area contributed by atoms with E-state index in [0.717, 1.165) is 5.56 Å². The molecule has 0 bridgehead atoms. The largest absolute Gasteiger partial charge is 0.488 e. The van der Waals surface area contributed by atoms with Crippen molar-refractivity contribution in [1.29, 1.82) is 5.41 Å². The molecule has 0 amide bonds. The SMILES string of the molecule is COCC(C)Oc1cc(C)ccc1C(=N)N. The average molecular weight is 222 g/mol. The Balaban J connectivity index is 2.92. The molecule has 3 N–H and O–H groups in total. The zero-order valence-electron chi connectivity index (χ0n) is 9.91. The summed E-state index contributed by atoms with van der Waals surface area (Å²) in [4.78, 5) is 0. The standard InChI is InChI=1S/C12H18N2O2/c1-8-4-5-10(12(13)14)11(6-8)16-9(2)7-15-3/h4-6,9H,7H2,1-3H3,(H3,13,14). The van der Waals surface area contributed by atoms with E-state index in [-0.39, 0.29) is 11.9 Å². The maximum absolute atomic E-state index is 7.46. The summed E-state index contributed by atoms with van der Waals surface area (Å²) in [6.45, 7) is 4.39. The van der Waals surface area contributed by atoms with Gasteiger partial charge in [-0.2, -0.15) is 0 Å². The number of ether oxygens (including phenoxy) is 2. The molecular formula is C12H18N2O2. The number of nitrogens with two attached hydrogens (primary N) is 1. The molecule has 0 heterocycles. The molecular weight excluding hydrogens is 204 g/mol. The van der Waals surface area contributed by atoms with Gasteiger partial charge in [-0.25, -0.2) is 0 Å². The van der Waals surface area contributed by atoms with Gasteiger partial charge >= 0.3 is 0 Å². The Morgan fingerprint density at radius 1 is 1.50 bits per heavy atom. The van der Waals surface area contributed by atoms with Crippen LogP contribution >= 0.6 is 0 Å². The Kier molecular flexibility index (Phi) is 4.31. The molecule has 0 aliphatic carbocycles. The summed E-state index contributed by atoms with van der Waals surface area (Å²) in [6.07, 6.45) is -0.0649. The number of hydrogen-bond acceptors (Lipinski definition) is 3. The van der Waals surface area contributed by atoms with Crippen LogP contribution in [0.25, 0.3) is 0 Å². The summed E-state index contributed by atoms with van der Waals surface area (Å²) in [5.41, 5.74) is 7.18. The van der Waals surface area contributed by atoms with Crippen molar-refractivity contribution in [2.75, 3.05) is 13.7 Å². The third kappa shape index (κ3) is 3.24. The third-order valence-corrected chi connectivity index (χ3v) is 2.16. The quantitative estimate of drug-likeness (QED) is 0.588. The van der Waals surface area contributed by atoms with E-state index >= 15 is 0 Å². The van der Waals surface area contributed by atoms with E-state index in [1.807, 2.05) is 26.0 Å². The first-order valence-electron chi connectivity index (χ1n) is 5.15. The number of nitrogen functional groups attached to an aromatic ring is 1. The zero-order chi connectivity index (χ0) is 12.1. The normalized spacial score (nSPS) is 12.2. The summed E-state index contributed by atoms with van der Waals surface area (Å²) in [6, 6.07) is 5.58. The molecule has 4 nitrogen and oxygen atoms in total. The highest BCUT2D eigenvalue weighted by Gasteiger charge is 2.10. The number of aryl methyl sites for hydroxylation is 1. The van der Waals surface area contributed by atoms with Gasteiger partial charge in [0.2, 0.25) is 0 Å². The van der Waals surface area contributed by atoms with Crippen molar-refractivity contribution >= 4 is 5.84 Å². The fourth-order valence-electron chi connectivity index (χ4n) is 1.44. The van der Waals surface area contributed by atoms with Gasteiger partial charge in [-0.3, -0.25) is 5.41 Å². The molecule has 88 valence electrons. The highest BCUT2D eigenvalue weighted by molar-refractivity contribution is 5.97.